The first kappa shape index (κ1) is 11.0. The minimum atomic E-state index is -1.13. The zero-order valence-electron chi connectivity index (χ0n) is 8.44. The number of nitriles is 1. The summed E-state index contributed by atoms with van der Waals surface area (Å²) < 4.78 is 1.21. The van der Waals surface area contributed by atoms with Crippen LogP contribution in [0.4, 0.5) is 0 Å². The smallest absolute Gasteiger partial charge is 0.337 e. The summed E-state index contributed by atoms with van der Waals surface area (Å²) in [6.07, 6.45) is 0.430. The minimum absolute atomic E-state index is 0.0103. The second-order valence-corrected chi connectivity index (χ2v) is 3.05. The Bertz CT molecular complexity index is 509. The SMILES string of the molecule is CCc1c(C(=O)O)cc(C#N)c(=O)n1C. The molecule has 1 N–H and O–H groups in total. The Morgan fingerprint density at radius 3 is 2.67 bits per heavy atom. The van der Waals surface area contributed by atoms with Gasteiger partial charge >= 0.3 is 5.97 Å². The number of hydrogen-bond acceptors (Lipinski definition) is 3. The largest absolute Gasteiger partial charge is 0.478 e. The maximum absolute atomic E-state index is 11.5. The first-order valence-corrected chi connectivity index (χ1v) is 4.39. The van der Waals surface area contributed by atoms with Crippen LogP contribution in [0.25, 0.3) is 0 Å². The molecule has 78 valence electrons. The van der Waals surface area contributed by atoms with Crippen molar-refractivity contribution in [3.63, 3.8) is 0 Å². The number of pyridine rings is 1. The summed E-state index contributed by atoms with van der Waals surface area (Å²) in [6.45, 7) is 1.76. The lowest BCUT2D eigenvalue weighted by atomic mass is 10.1. The van der Waals surface area contributed by atoms with Gasteiger partial charge in [0.15, 0.2) is 0 Å². The summed E-state index contributed by atoms with van der Waals surface area (Å²) in [5.74, 6) is -1.13. The van der Waals surface area contributed by atoms with E-state index in [4.69, 9.17) is 10.4 Å². The third-order valence-corrected chi connectivity index (χ3v) is 2.23. The van der Waals surface area contributed by atoms with Crippen molar-refractivity contribution in [2.75, 3.05) is 0 Å². The second kappa shape index (κ2) is 3.96. The van der Waals surface area contributed by atoms with E-state index >= 15 is 0 Å². The summed E-state index contributed by atoms with van der Waals surface area (Å²) in [4.78, 5) is 22.4. The molecular weight excluding hydrogens is 196 g/mol. The summed E-state index contributed by atoms with van der Waals surface area (Å²) in [5.41, 5.74) is -0.172. The van der Waals surface area contributed by atoms with E-state index in [9.17, 15) is 9.59 Å². The van der Waals surface area contributed by atoms with Gasteiger partial charge in [-0.1, -0.05) is 6.92 Å². The second-order valence-electron chi connectivity index (χ2n) is 3.05. The first-order chi connectivity index (χ1) is 7.02. The molecule has 1 heterocycles. The van der Waals surface area contributed by atoms with Gasteiger partial charge in [-0.3, -0.25) is 4.79 Å². The van der Waals surface area contributed by atoms with Gasteiger partial charge in [0.1, 0.15) is 11.6 Å². The van der Waals surface area contributed by atoms with E-state index in [1.807, 2.05) is 0 Å². The maximum Gasteiger partial charge on any atom is 0.337 e. The van der Waals surface area contributed by atoms with Crippen molar-refractivity contribution >= 4 is 5.97 Å². The van der Waals surface area contributed by atoms with Crippen LogP contribution in [-0.4, -0.2) is 15.6 Å². The van der Waals surface area contributed by atoms with Gasteiger partial charge in [0.05, 0.1) is 5.56 Å². The van der Waals surface area contributed by atoms with Gasteiger partial charge in [-0.25, -0.2) is 4.79 Å². The Morgan fingerprint density at radius 2 is 2.27 bits per heavy atom. The van der Waals surface area contributed by atoms with Gasteiger partial charge in [-0.05, 0) is 12.5 Å². The number of aromatic nitrogens is 1. The predicted octanol–water partition coefficient (Wildman–Crippen LogP) is 0.518. The Labute approximate surface area is 86.2 Å². The molecule has 0 spiro atoms. The lowest BCUT2D eigenvalue weighted by Crippen LogP contribution is -2.25. The van der Waals surface area contributed by atoms with E-state index < -0.39 is 11.5 Å². The molecule has 0 saturated heterocycles. The van der Waals surface area contributed by atoms with Crippen LogP contribution in [0.1, 0.15) is 28.5 Å². The molecular formula is C10H10N2O3. The summed E-state index contributed by atoms with van der Waals surface area (Å²) in [5, 5.41) is 17.6. The summed E-state index contributed by atoms with van der Waals surface area (Å²) in [6, 6.07) is 2.81. The highest BCUT2D eigenvalue weighted by Gasteiger charge is 2.15. The van der Waals surface area contributed by atoms with Crippen LogP contribution in [0.2, 0.25) is 0 Å². The summed E-state index contributed by atoms with van der Waals surface area (Å²) in [7, 11) is 1.47. The molecule has 0 radical (unpaired) electrons. The van der Waals surface area contributed by atoms with Gasteiger partial charge in [0.2, 0.25) is 0 Å². The molecule has 0 aliphatic heterocycles. The van der Waals surface area contributed by atoms with Crippen LogP contribution in [0, 0.1) is 11.3 Å². The molecule has 0 saturated carbocycles. The molecule has 5 heteroatoms. The van der Waals surface area contributed by atoms with E-state index in [2.05, 4.69) is 0 Å². The van der Waals surface area contributed by atoms with Crippen LogP contribution < -0.4 is 5.56 Å². The summed E-state index contributed by atoms with van der Waals surface area (Å²) >= 11 is 0. The minimum Gasteiger partial charge on any atom is -0.478 e. The van der Waals surface area contributed by atoms with Crippen LogP contribution >= 0.6 is 0 Å². The van der Waals surface area contributed by atoms with Crippen molar-refractivity contribution in [3.8, 4) is 6.07 Å². The molecule has 1 aromatic rings. The van der Waals surface area contributed by atoms with Crippen molar-refractivity contribution in [3.05, 3.63) is 33.2 Å². The molecule has 0 fully saturated rings. The van der Waals surface area contributed by atoms with E-state index in [0.29, 0.717) is 12.1 Å². The molecule has 0 bridgehead atoms. The van der Waals surface area contributed by atoms with E-state index in [0.717, 1.165) is 6.07 Å². The van der Waals surface area contributed by atoms with Crippen LogP contribution in [-0.2, 0) is 13.5 Å². The van der Waals surface area contributed by atoms with Crippen molar-refractivity contribution in [2.24, 2.45) is 7.05 Å². The fourth-order valence-corrected chi connectivity index (χ4v) is 1.47. The normalized spacial score (nSPS) is 9.67. The fourth-order valence-electron chi connectivity index (χ4n) is 1.47. The molecule has 0 aliphatic carbocycles. The Balaban J connectivity index is 3.68. The van der Waals surface area contributed by atoms with E-state index in [1.165, 1.54) is 11.6 Å². The fraction of sp³-hybridized carbons (Fsp3) is 0.300. The number of carboxylic acid groups (broad SMARTS) is 1. The molecule has 1 rings (SSSR count). The predicted molar refractivity (Wildman–Crippen MR) is 52.7 cm³/mol. The maximum atomic E-state index is 11.5. The number of hydrogen-bond donors (Lipinski definition) is 1. The Morgan fingerprint density at radius 1 is 1.67 bits per heavy atom. The van der Waals surface area contributed by atoms with Crippen molar-refractivity contribution in [2.45, 2.75) is 13.3 Å². The Hall–Kier alpha value is -2.09. The van der Waals surface area contributed by atoms with Crippen molar-refractivity contribution < 1.29 is 9.90 Å². The van der Waals surface area contributed by atoms with Gasteiger partial charge in [0.25, 0.3) is 5.56 Å². The molecule has 1 aromatic heterocycles. The van der Waals surface area contributed by atoms with Crippen LogP contribution in [0.3, 0.4) is 0 Å². The molecule has 0 aromatic carbocycles. The molecule has 0 amide bonds. The van der Waals surface area contributed by atoms with Crippen molar-refractivity contribution in [1.82, 2.24) is 4.57 Å². The average molecular weight is 206 g/mol. The lowest BCUT2D eigenvalue weighted by molar-refractivity contribution is 0.0694. The van der Waals surface area contributed by atoms with Gasteiger partial charge < -0.3 is 9.67 Å². The Kier molecular flexibility index (Phi) is 2.90. The monoisotopic (exact) mass is 206 g/mol. The van der Waals surface area contributed by atoms with Crippen LogP contribution in [0.15, 0.2) is 10.9 Å². The zero-order valence-corrected chi connectivity index (χ0v) is 8.44. The highest BCUT2D eigenvalue weighted by atomic mass is 16.4. The average Bonchev–Trinajstić information content (AvgIpc) is 2.21. The third-order valence-electron chi connectivity index (χ3n) is 2.23. The number of carbonyl (C=O) groups is 1. The van der Waals surface area contributed by atoms with E-state index in [1.54, 1.807) is 13.0 Å². The number of nitrogens with zero attached hydrogens (tertiary/aromatic N) is 2. The highest BCUT2D eigenvalue weighted by Crippen LogP contribution is 2.08. The quantitative estimate of drug-likeness (QED) is 0.764. The molecule has 0 aliphatic rings. The number of rotatable bonds is 2. The highest BCUT2D eigenvalue weighted by molar-refractivity contribution is 5.89. The molecule has 0 atom stereocenters. The molecule has 15 heavy (non-hydrogen) atoms. The van der Waals surface area contributed by atoms with Gasteiger partial charge in [-0.2, -0.15) is 5.26 Å². The van der Waals surface area contributed by atoms with Crippen molar-refractivity contribution in [1.29, 1.82) is 5.26 Å². The molecule has 5 nitrogen and oxygen atoms in total. The number of aromatic carboxylic acids is 1. The number of carboxylic acids is 1. The topological polar surface area (TPSA) is 83.1 Å². The van der Waals surface area contributed by atoms with Gasteiger partial charge in [0, 0.05) is 12.7 Å². The zero-order chi connectivity index (χ0) is 11.6. The first-order valence-electron chi connectivity index (χ1n) is 4.39. The van der Waals surface area contributed by atoms with E-state index in [-0.39, 0.29) is 11.1 Å². The third kappa shape index (κ3) is 1.74. The van der Waals surface area contributed by atoms with Crippen LogP contribution in [0.5, 0.6) is 0 Å². The van der Waals surface area contributed by atoms with Gasteiger partial charge in [-0.15, -0.1) is 0 Å². The standard InChI is InChI=1S/C10H10N2O3/c1-3-8-7(10(14)15)4-6(5-11)9(13)12(8)2/h4H,3H2,1-2H3,(H,14,15). The lowest BCUT2D eigenvalue weighted by Gasteiger charge is -2.09. The molecule has 0 unspecified atom stereocenters.